The molecule has 1 unspecified atom stereocenters. The van der Waals surface area contributed by atoms with Gasteiger partial charge in [-0.1, -0.05) is 0 Å². The number of carboxylic acids is 1. The molecule has 0 radical (unpaired) electrons. The Balaban J connectivity index is 3.54. The Morgan fingerprint density at radius 3 is 2.55 bits per heavy atom. The van der Waals surface area contributed by atoms with Crippen molar-refractivity contribution in [1.29, 1.82) is 0 Å². The van der Waals surface area contributed by atoms with Crippen molar-refractivity contribution in [2.45, 2.75) is 12.8 Å². The van der Waals surface area contributed by atoms with Crippen molar-refractivity contribution >= 4 is 13.6 Å². The molecule has 0 fully saturated rings. The quantitative estimate of drug-likeness (QED) is 0.611. The number of hydrogen-bond donors (Lipinski definition) is 2. The summed E-state index contributed by atoms with van der Waals surface area (Å²) in [5.74, 6) is -0.971. The van der Waals surface area contributed by atoms with Gasteiger partial charge in [0.2, 0.25) is 0 Å². The second kappa shape index (κ2) is 4.49. The molecule has 0 saturated carbocycles. The van der Waals surface area contributed by atoms with Crippen LogP contribution in [0.3, 0.4) is 0 Å². The number of rotatable bonds is 5. The van der Waals surface area contributed by atoms with Gasteiger partial charge in [0.15, 0.2) is 0 Å². The average molecular weight is 182 g/mol. The highest BCUT2D eigenvalue weighted by atomic mass is 31.2. The van der Waals surface area contributed by atoms with Crippen molar-refractivity contribution in [3.05, 3.63) is 0 Å². The Labute approximate surface area is 64.5 Å². The maximum Gasteiger partial charge on any atom is 0.327 e. The Morgan fingerprint density at radius 1 is 1.64 bits per heavy atom. The number of carbonyl (C=O) groups is 1. The van der Waals surface area contributed by atoms with Crippen LogP contribution in [0.1, 0.15) is 12.8 Å². The summed E-state index contributed by atoms with van der Waals surface area (Å²) in [6.07, 6.45) is -0.0410. The van der Waals surface area contributed by atoms with Gasteiger partial charge in [-0.25, -0.2) is 0 Å². The van der Waals surface area contributed by atoms with Crippen molar-refractivity contribution in [3.8, 4) is 0 Å². The molecule has 0 bridgehead atoms. The molecular weight excluding hydrogens is 171 g/mol. The van der Waals surface area contributed by atoms with Crippen LogP contribution < -0.4 is 0 Å². The molecule has 11 heavy (non-hydrogen) atoms. The highest BCUT2D eigenvalue weighted by molar-refractivity contribution is 7.52. The minimum Gasteiger partial charge on any atom is -0.481 e. The standard InChI is InChI=1S/C5H11O5P/c1-10-11(8,9)4-2-3-5(6)7/h2-4H2,1H3,(H,6,7)(H,8,9). The van der Waals surface area contributed by atoms with Gasteiger partial charge >= 0.3 is 13.6 Å². The Morgan fingerprint density at radius 2 is 2.18 bits per heavy atom. The van der Waals surface area contributed by atoms with Crippen LogP contribution >= 0.6 is 7.60 Å². The second-order valence-electron chi connectivity index (χ2n) is 2.04. The molecule has 0 aromatic heterocycles. The zero-order valence-electron chi connectivity index (χ0n) is 6.19. The number of hydrogen-bond acceptors (Lipinski definition) is 3. The third-order valence-electron chi connectivity index (χ3n) is 1.12. The third-order valence-corrected chi connectivity index (χ3v) is 2.57. The largest absolute Gasteiger partial charge is 0.481 e. The van der Waals surface area contributed by atoms with E-state index < -0.39 is 13.6 Å². The molecule has 66 valence electrons. The van der Waals surface area contributed by atoms with Gasteiger partial charge in [-0.3, -0.25) is 9.36 Å². The van der Waals surface area contributed by atoms with Crippen LogP contribution in [-0.2, 0) is 13.9 Å². The van der Waals surface area contributed by atoms with E-state index in [-0.39, 0.29) is 19.0 Å². The first-order valence-corrected chi connectivity index (χ1v) is 4.83. The number of carboxylic acid groups (broad SMARTS) is 1. The highest BCUT2D eigenvalue weighted by Gasteiger charge is 2.16. The summed E-state index contributed by atoms with van der Waals surface area (Å²) in [5, 5.41) is 8.17. The molecule has 0 saturated heterocycles. The van der Waals surface area contributed by atoms with Crippen molar-refractivity contribution in [2.75, 3.05) is 13.3 Å². The van der Waals surface area contributed by atoms with Crippen LogP contribution in [0.4, 0.5) is 0 Å². The van der Waals surface area contributed by atoms with E-state index >= 15 is 0 Å². The molecule has 0 aliphatic heterocycles. The lowest BCUT2D eigenvalue weighted by Gasteiger charge is -2.06. The maximum atomic E-state index is 10.7. The van der Waals surface area contributed by atoms with Gasteiger partial charge in [0, 0.05) is 13.5 Å². The van der Waals surface area contributed by atoms with Gasteiger partial charge in [0.05, 0.1) is 6.16 Å². The van der Waals surface area contributed by atoms with E-state index in [0.29, 0.717) is 0 Å². The van der Waals surface area contributed by atoms with Gasteiger partial charge < -0.3 is 14.5 Å². The van der Waals surface area contributed by atoms with Crippen LogP contribution in [-0.4, -0.2) is 29.2 Å². The molecule has 0 amide bonds. The van der Waals surface area contributed by atoms with Gasteiger partial charge in [-0.2, -0.15) is 0 Å². The first-order valence-electron chi connectivity index (χ1n) is 3.07. The monoisotopic (exact) mass is 182 g/mol. The van der Waals surface area contributed by atoms with Crippen molar-refractivity contribution < 1.29 is 23.9 Å². The van der Waals surface area contributed by atoms with Crippen molar-refractivity contribution in [1.82, 2.24) is 0 Å². The van der Waals surface area contributed by atoms with Gasteiger partial charge in [0.1, 0.15) is 0 Å². The Hall–Kier alpha value is -0.380. The summed E-state index contributed by atoms with van der Waals surface area (Å²) >= 11 is 0. The summed E-state index contributed by atoms with van der Waals surface area (Å²) < 4.78 is 14.9. The van der Waals surface area contributed by atoms with Gasteiger partial charge in [0.25, 0.3) is 0 Å². The smallest absolute Gasteiger partial charge is 0.327 e. The maximum absolute atomic E-state index is 10.7. The van der Waals surface area contributed by atoms with E-state index in [0.717, 1.165) is 7.11 Å². The highest BCUT2D eigenvalue weighted by Crippen LogP contribution is 2.41. The first-order chi connectivity index (χ1) is 4.98. The molecule has 0 spiro atoms. The van der Waals surface area contributed by atoms with Gasteiger partial charge in [-0.15, -0.1) is 0 Å². The molecule has 6 heteroatoms. The Kier molecular flexibility index (Phi) is 4.33. The summed E-state index contributed by atoms with van der Waals surface area (Å²) in [6.45, 7) is 0. The van der Waals surface area contributed by atoms with Crippen LogP contribution in [0.15, 0.2) is 0 Å². The van der Waals surface area contributed by atoms with Crippen LogP contribution in [0.25, 0.3) is 0 Å². The van der Waals surface area contributed by atoms with E-state index in [1.807, 2.05) is 0 Å². The molecule has 2 N–H and O–H groups in total. The molecule has 0 aromatic carbocycles. The molecule has 0 rings (SSSR count). The predicted molar refractivity (Wildman–Crippen MR) is 38.6 cm³/mol. The lowest BCUT2D eigenvalue weighted by molar-refractivity contribution is -0.137. The van der Waals surface area contributed by atoms with Crippen LogP contribution in [0.5, 0.6) is 0 Å². The second-order valence-corrected chi connectivity index (χ2v) is 4.13. The zero-order chi connectivity index (χ0) is 8.91. The molecule has 0 heterocycles. The Bertz CT molecular complexity index is 178. The average Bonchev–Trinajstić information content (AvgIpc) is 1.87. The normalized spacial score (nSPS) is 15.8. The van der Waals surface area contributed by atoms with E-state index in [9.17, 15) is 9.36 Å². The minimum atomic E-state index is -3.49. The fourth-order valence-corrected chi connectivity index (χ4v) is 1.26. The summed E-state index contributed by atoms with van der Waals surface area (Å²) in [6, 6.07) is 0. The summed E-state index contributed by atoms with van der Waals surface area (Å²) in [4.78, 5) is 18.7. The van der Waals surface area contributed by atoms with Crippen molar-refractivity contribution in [3.63, 3.8) is 0 Å². The molecular formula is C5H11O5P. The molecule has 0 aliphatic rings. The summed E-state index contributed by atoms with van der Waals surface area (Å²) in [5.41, 5.74) is 0. The molecule has 5 nitrogen and oxygen atoms in total. The SMILES string of the molecule is COP(=O)(O)CCCC(=O)O. The number of aliphatic carboxylic acids is 1. The van der Waals surface area contributed by atoms with E-state index in [2.05, 4.69) is 4.52 Å². The lowest BCUT2D eigenvalue weighted by Crippen LogP contribution is -1.98. The molecule has 1 atom stereocenters. The zero-order valence-corrected chi connectivity index (χ0v) is 7.08. The third kappa shape index (κ3) is 6.04. The van der Waals surface area contributed by atoms with E-state index in [1.165, 1.54) is 0 Å². The topological polar surface area (TPSA) is 83.8 Å². The molecule has 0 aromatic rings. The fraction of sp³-hybridized carbons (Fsp3) is 0.800. The van der Waals surface area contributed by atoms with E-state index in [1.54, 1.807) is 0 Å². The van der Waals surface area contributed by atoms with Crippen molar-refractivity contribution in [2.24, 2.45) is 0 Å². The van der Waals surface area contributed by atoms with Gasteiger partial charge in [-0.05, 0) is 6.42 Å². The summed E-state index contributed by atoms with van der Waals surface area (Å²) in [7, 11) is -2.37. The molecule has 0 aliphatic carbocycles. The van der Waals surface area contributed by atoms with Crippen LogP contribution in [0, 0.1) is 0 Å². The fourth-order valence-electron chi connectivity index (χ4n) is 0.521. The van der Waals surface area contributed by atoms with Crippen LogP contribution in [0.2, 0.25) is 0 Å². The minimum absolute atomic E-state index is 0.101. The predicted octanol–water partition coefficient (Wildman–Crippen LogP) is 0.683. The first kappa shape index (κ1) is 10.6. The van der Waals surface area contributed by atoms with E-state index in [4.69, 9.17) is 10.00 Å². The lowest BCUT2D eigenvalue weighted by atomic mass is 10.3.